The van der Waals surface area contributed by atoms with Gasteiger partial charge in [0.2, 0.25) is 5.91 Å². The molecule has 2 aromatic rings. The topological polar surface area (TPSA) is 48.5 Å². The van der Waals surface area contributed by atoms with E-state index in [4.69, 9.17) is 4.98 Å². The van der Waals surface area contributed by atoms with Crippen molar-refractivity contribution in [2.45, 2.75) is 39.4 Å². The maximum absolute atomic E-state index is 12.2. The van der Waals surface area contributed by atoms with Gasteiger partial charge in [0.15, 0.2) is 0 Å². The molecule has 26 heavy (non-hydrogen) atoms. The molecule has 1 saturated heterocycles. The van der Waals surface area contributed by atoms with Crippen LogP contribution in [0.15, 0.2) is 35.7 Å². The summed E-state index contributed by atoms with van der Waals surface area (Å²) in [7, 11) is 0. The molecule has 1 aromatic heterocycles. The van der Waals surface area contributed by atoms with E-state index in [9.17, 15) is 4.79 Å². The molecule has 1 N–H and O–H groups in total. The number of amides is 1. The van der Waals surface area contributed by atoms with E-state index in [2.05, 4.69) is 32.6 Å². The van der Waals surface area contributed by atoms with Crippen LogP contribution < -0.4 is 5.32 Å². The summed E-state index contributed by atoms with van der Waals surface area (Å²) in [6.07, 6.45) is 0. The SMILES string of the molecule is CC(C)NC(=O)C(C)N1CCN(Cc2csc(-c3ccccc3)n2)CC1. The molecule has 1 unspecified atom stereocenters. The van der Waals surface area contributed by atoms with Crippen molar-refractivity contribution in [2.24, 2.45) is 0 Å². The third-order valence-electron chi connectivity index (χ3n) is 4.72. The molecule has 1 aliphatic heterocycles. The van der Waals surface area contributed by atoms with Gasteiger partial charge in [0, 0.05) is 49.7 Å². The van der Waals surface area contributed by atoms with Crippen LogP contribution in [-0.4, -0.2) is 59.0 Å². The number of carbonyl (C=O) groups excluding carboxylic acids is 1. The van der Waals surface area contributed by atoms with E-state index in [1.807, 2.05) is 39.0 Å². The number of hydrogen-bond donors (Lipinski definition) is 1. The summed E-state index contributed by atoms with van der Waals surface area (Å²) in [4.78, 5) is 21.7. The van der Waals surface area contributed by atoms with Crippen LogP contribution in [0.2, 0.25) is 0 Å². The Bertz CT molecular complexity index is 708. The first kappa shape index (κ1) is 19.0. The predicted octanol–water partition coefficient (Wildman–Crippen LogP) is 2.84. The molecule has 0 radical (unpaired) electrons. The molecule has 1 aromatic carbocycles. The van der Waals surface area contributed by atoms with Crippen LogP contribution in [0.1, 0.15) is 26.5 Å². The smallest absolute Gasteiger partial charge is 0.237 e. The first-order valence-electron chi connectivity index (χ1n) is 9.29. The van der Waals surface area contributed by atoms with Gasteiger partial charge in [0.05, 0.1) is 11.7 Å². The van der Waals surface area contributed by atoms with Crippen LogP contribution in [0.5, 0.6) is 0 Å². The molecule has 0 aliphatic carbocycles. The minimum atomic E-state index is -0.0662. The van der Waals surface area contributed by atoms with Gasteiger partial charge >= 0.3 is 0 Å². The Morgan fingerprint density at radius 2 is 1.85 bits per heavy atom. The Labute approximate surface area is 160 Å². The van der Waals surface area contributed by atoms with Crippen molar-refractivity contribution in [1.29, 1.82) is 0 Å². The Hall–Kier alpha value is -1.76. The van der Waals surface area contributed by atoms with Gasteiger partial charge in [-0.2, -0.15) is 0 Å². The average molecular weight is 373 g/mol. The molecule has 1 fully saturated rings. The van der Waals surface area contributed by atoms with Crippen LogP contribution in [0.4, 0.5) is 0 Å². The molecule has 0 saturated carbocycles. The maximum atomic E-state index is 12.2. The lowest BCUT2D eigenvalue weighted by Gasteiger charge is -2.37. The summed E-state index contributed by atoms with van der Waals surface area (Å²) in [6, 6.07) is 10.5. The number of aromatic nitrogens is 1. The molecule has 1 amide bonds. The Morgan fingerprint density at radius 3 is 2.50 bits per heavy atom. The molecule has 1 atom stereocenters. The zero-order valence-electron chi connectivity index (χ0n) is 15.8. The fourth-order valence-corrected chi connectivity index (χ4v) is 4.02. The van der Waals surface area contributed by atoms with E-state index in [1.165, 1.54) is 5.56 Å². The maximum Gasteiger partial charge on any atom is 0.237 e. The van der Waals surface area contributed by atoms with Crippen molar-refractivity contribution in [3.05, 3.63) is 41.4 Å². The Morgan fingerprint density at radius 1 is 1.15 bits per heavy atom. The minimum absolute atomic E-state index is 0.0662. The van der Waals surface area contributed by atoms with Gasteiger partial charge in [-0.3, -0.25) is 14.6 Å². The Kier molecular flexibility index (Phi) is 6.40. The minimum Gasteiger partial charge on any atom is -0.353 e. The fourth-order valence-electron chi connectivity index (χ4n) is 3.20. The number of rotatable bonds is 6. The number of carbonyl (C=O) groups is 1. The van der Waals surface area contributed by atoms with E-state index in [-0.39, 0.29) is 18.0 Å². The first-order valence-corrected chi connectivity index (χ1v) is 10.2. The molecule has 1 aliphatic rings. The number of nitrogens with one attached hydrogen (secondary N) is 1. The summed E-state index contributed by atoms with van der Waals surface area (Å²) in [5.74, 6) is 0.125. The summed E-state index contributed by atoms with van der Waals surface area (Å²) < 4.78 is 0. The highest BCUT2D eigenvalue weighted by Gasteiger charge is 2.26. The summed E-state index contributed by atoms with van der Waals surface area (Å²) in [6.45, 7) is 10.7. The quantitative estimate of drug-likeness (QED) is 0.847. The van der Waals surface area contributed by atoms with Gasteiger partial charge in [-0.05, 0) is 20.8 Å². The molecule has 140 valence electrons. The van der Waals surface area contributed by atoms with Gasteiger partial charge in [0.25, 0.3) is 0 Å². The zero-order valence-corrected chi connectivity index (χ0v) is 16.6. The monoisotopic (exact) mass is 372 g/mol. The number of nitrogens with zero attached hydrogens (tertiary/aromatic N) is 3. The molecular weight excluding hydrogens is 344 g/mol. The molecule has 6 heteroatoms. The fraction of sp³-hybridized carbons (Fsp3) is 0.500. The van der Waals surface area contributed by atoms with Crippen molar-refractivity contribution >= 4 is 17.2 Å². The molecule has 0 bridgehead atoms. The van der Waals surface area contributed by atoms with Crippen molar-refractivity contribution in [2.75, 3.05) is 26.2 Å². The number of thiazole rings is 1. The molecular formula is C20H28N4OS. The van der Waals surface area contributed by atoms with Crippen LogP contribution in [0, 0.1) is 0 Å². The van der Waals surface area contributed by atoms with Crippen LogP contribution >= 0.6 is 11.3 Å². The molecule has 2 heterocycles. The summed E-state index contributed by atoms with van der Waals surface area (Å²) in [5, 5.41) is 6.25. The summed E-state index contributed by atoms with van der Waals surface area (Å²) in [5.41, 5.74) is 2.31. The van der Waals surface area contributed by atoms with Gasteiger partial charge in [-0.25, -0.2) is 4.98 Å². The number of piperazine rings is 1. The van der Waals surface area contributed by atoms with E-state index >= 15 is 0 Å². The Balaban J connectivity index is 1.50. The van der Waals surface area contributed by atoms with E-state index < -0.39 is 0 Å². The summed E-state index contributed by atoms with van der Waals surface area (Å²) >= 11 is 1.71. The van der Waals surface area contributed by atoms with Crippen LogP contribution in [0.3, 0.4) is 0 Å². The number of benzene rings is 1. The first-order chi connectivity index (χ1) is 12.5. The lowest BCUT2D eigenvalue weighted by atomic mass is 10.2. The second-order valence-electron chi connectivity index (χ2n) is 7.16. The highest BCUT2D eigenvalue weighted by atomic mass is 32.1. The van der Waals surface area contributed by atoms with Gasteiger partial charge in [-0.1, -0.05) is 30.3 Å². The average Bonchev–Trinajstić information content (AvgIpc) is 3.10. The van der Waals surface area contributed by atoms with Gasteiger partial charge < -0.3 is 5.32 Å². The third-order valence-corrected chi connectivity index (χ3v) is 5.66. The number of hydrogen-bond acceptors (Lipinski definition) is 5. The highest BCUT2D eigenvalue weighted by molar-refractivity contribution is 7.13. The highest BCUT2D eigenvalue weighted by Crippen LogP contribution is 2.24. The van der Waals surface area contributed by atoms with Gasteiger partial charge in [-0.15, -0.1) is 11.3 Å². The zero-order chi connectivity index (χ0) is 18.5. The third kappa shape index (κ3) is 4.90. The van der Waals surface area contributed by atoms with Crippen LogP contribution in [0.25, 0.3) is 10.6 Å². The largest absolute Gasteiger partial charge is 0.353 e. The van der Waals surface area contributed by atoms with Crippen molar-refractivity contribution in [1.82, 2.24) is 20.1 Å². The van der Waals surface area contributed by atoms with Crippen molar-refractivity contribution < 1.29 is 4.79 Å². The lowest BCUT2D eigenvalue weighted by Crippen LogP contribution is -2.54. The second kappa shape index (κ2) is 8.75. The predicted molar refractivity (Wildman–Crippen MR) is 107 cm³/mol. The second-order valence-corrected chi connectivity index (χ2v) is 8.02. The van der Waals surface area contributed by atoms with E-state index in [0.29, 0.717) is 0 Å². The van der Waals surface area contributed by atoms with Crippen molar-refractivity contribution in [3.8, 4) is 10.6 Å². The van der Waals surface area contributed by atoms with Crippen LogP contribution in [-0.2, 0) is 11.3 Å². The molecule has 3 rings (SSSR count). The standard InChI is InChI=1S/C20H28N4OS/c1-15(2)21-19(25)16(3)24-11-9-23(10-12-24)13-18-14-26-20(22-18)17-7-5-4-6-8-17/h4-8,14-16H,9-13H2,1-3H3,(H,21,25). The molecule has 0 spiro atoms. The van der Waals surface area contributed by atoms with Crippen molar-refractivity contribution in [3.63, 3.8) is 0 Å². The molecule has 5 nitrogen and oxygen atoms in total. The lowest BCUT2D eigenvalue weighted by molar-refractivity contribution is -0.127. The van der Waals surface area contributed by atoms with Gasteiger partial charge in [0.1, 0.15) is 5.01 Å². The van der Waals surface area contributed by atoms with E-state index in [0.717, 1.165) is 43.4 Å². The normalized spacial score (nSPS) is 17.4. The van der Waals surface area contributed by atoms with E-state index in [1.54, 1.807) is 11.3 Å².